The Bertz CT molecular complexity index is 419. The van der Waals surface area contributed by atoms with Crippen LogP contribution < -0.4 is 0 Å². The largest absolute Gasteiger partial charge is 0.393 e. The summed E-state index contributed by atoms with van der Waals surface area (Å²) in [6.45, 7) is 1.99. The van der Waals surface area contributed by atoms with Gasteiger partial charge in [0.2, 0.25) is 0 Å². The number of aliphatic hydroxyl groups excluding tert-OH is 1. The van der Waals surface area contributed by atoms with E-state index >= 15 is 0 Å². The van der Waals surface area contributed by atoms with Gasteiger partial charge in [-0.15, -0.1) is 10.2 Å². The molecular formula is C14H24N4O. The average Bonchev–Trinajstić information content (AvgIpc) is 3.01. The van der Waals surface area contributed by atoms with Crippen molar-refractivity contribution in [2.24, 2.45) is 13.0 Å². The molecular weight excluding hydrogens is 240 g/mol. The zero-order valence-corrected chi connectivity index (χ0v) is 11.7. The van der Waals surface area contributed by atoms with E-state index in [9.17, 15) is 5.11 Å². The maximum Gasteiger partial charge on any atom is 0.146 e. The number of nitrogens with zero attached hydrogens (tertiary/aromatic N) is 4. The summed E-state index contributed by atoms with van der Waals surface area (Å²) in [5.41, 5.74) is 0. The second-order valence-electron chi connectivity index (χ2n) is 6.05. The Balaban J connectivity index is 1.69. The molecule has 0 bridgehead atoms. The van der Waals surface area contributed by atoms with Crippen molar-refractivity contribution < 1.29 is 5.11 Å². The molecule has 19 heavy (non-hydrogen) atoms. The predicted molar refractivity (Wildman–Crippen MR) is 72.4 cm³/mol. The first-order valence-corrected chi connectivity index (χ1v) is 7.50. The van der Waals surface area contributed by atoms with E-state index in [-0.39, 0.29) is 6.10 Å². The number of aryl methyl sites for hydroxylation is 1. The normalized spacial score (nSPS) is 32.8. The summed E-state index contributed by atoms with van der Waals surface area (Å²) < 4.78 is 1.99. The van der Waals surface area contributed by atoms with Crippen LogP contribution in [0.25, 0.3) is 0 Å². The van der Waals surface area contributed by atoms with Crippen LogP contribution in [-0.4, -0.2) is 43.5 Å². The summed E-state index contributed by atoms with van der Waals surface area (Å²) in [6, 6.07) is 0.534. The highest BCUT2D eigenvalue weighted by Crippen LogP contribution is 2.35. The van der Waals surface area contributed by atoms with Gasteiger partial charge in [-0.2, -0.15) is 0 Å². The van der Waals surface area contributed by atoms with Crippen molar-refractivity contribution in [3.63, 3.8) is 0 Å². The van der Waals surface area contributed by atoms with Gasteiger partial charge in [0.15, 0.2) is 0 Å². The molecule has 2 heterocycles. The topological polar surface area (TPSA) is 54.2 Å². The molecule has 3 atom stereocenters. The Hall–Kier alpha value is -0.940. The molecule has 1 N–H and O–H groups in total. The highest BCUT2D eigenvalue weighted by molar-refractivity contribution is 4.94. The summed E-state index contributed by atoms with van der Waals surface area (Å²) >= 11 is 0. The molecule has 0 aromatic carbocycles. The lowest BCUT2D eigenvalue weighted by molar-refractivity contribution is 0.0193. The standard InChI is InChI=1S/C14H24N4O/c1-17-10-15-16-14(17)9-18-8-4-6-12(18)11-5-2-3-7-13(11)19/h10-13,19H,2-9H2,1H3. The number of aliphatic hydroxyl groups is 1. The molecule has 3 rings (SSSR count). The molecule has 3 unspecified atom stereocenters. The highest BCUT2D eigenvalue weighted by atomic mass is 16.3. The monoisotopic (exact) mass is 264 g/mol. The molecule has 2 aliphatic rings. The second kappa shape index (κ2) is 5.59. The quantitative estimate of drug-likeness (QED) is 0.895. The number of rotatable bonds is 3. The Morgan fingerprint density at radius 1 is 1.26 bits per heavy atom. The third-order valence-electron chi connectivity index (χ3n) is 4.84. The Morgan fingerprint density at radius 2 is 2.11 bits per heavy atom. The zero-order chi connectivity index (χ0) is 13.2. The van der Waals surface area contributed by atoms with E-state index in [0.29, 0.717) is 12.0 Å². The lowest BCUT2D eigenvalue weighted by Crippen LogP contribution is -2.42. The van der Waals surface area contributed by atoms with Gasteiger partial charge in [0.1, 0.15) is 12.2 Å². The molecule has 1 saturated carbocycles. The first kappa shape index (κ1) is 13.1. The molecule has 5 nitrogen and oxygen atoms in total. The molecule has 1 aliphatic carbocycles. The minimum absolute atomic E-state index is 0.0983. The predicted octanol–water partition coefficient (Wildman–Crippen LogP) is 1.33. The summed E-state index contributed by atoms with van der Waals surface area (Å²) in [7, 11) is 2.00. The van der Waals surface area contributed by atoms with Crippen molar-refractivity contribution in [2.45, 2.75) is 57.2 Å². The van der Waals surface area contributed by atoms with Gasteiger partial charge in [0.05, 0.1) is 12.6 Å². The third kappa shape index (κ3) is 2.67. The van der Waals surface area contributed by atoms with Crippen LogP contribution in [0, 0.1) is 5.92 Å². The van der Waals surface area contributed by atoms with Gasteiger partial charge in [-0.25, -0.2) is 0 Å². The lowest BCUT2D eigenvalue weighted by Gasteiger charge is -2.37. The maximum atomic E-state index is 10.3. The van der Waals surface area contributed by atoms with E-state index in [2.05, 4.69) is 15.1 Å². The molecule has 2 fully saturated rings. The Kier molecular flexibility index (Phi) is 3.84. The van der Waals surface area contributed by atoms with Crippen LogP contribution in [0.5, 0.6) is 0 Å². The average molecular weight is 264 g/mol. The summed E-state index contributed by atoms with van der Waals surface area (Å²) in [5.74, 6) is 1.49. The first-order valence-electron chi connectivity index (χ1n) is 7.50. The zero-order valence-electron chi connectivity index (χ0n) is 11.7. The smallest absolute Gasteiger partial charge is 0.146 e. The van der Waals surface area contributed by atoms with Crippen LogP contribution in [0.1, 0.15) is 44.3 Å². The lowest BCUT2D eigenvalue weighted by atomic mass is 9.80. The van der Waals surface area contributed by atoms with Crippen molar-refractivity contribution in [1.82, 2.24) is 19.7 Å². The maximum absolute atomic E-state index is 10.3. The summed E-state index contributed by atoms with van der Waals surface area (Å²) in [6.07, 6.45) is 8.75. The molecule has 0 radical (unpaired) electrons. The van der Waals surface area contributed by atoms with Gasteiger partial charge in [-0.05, 0) is 32.2 Å². The van der Waals surface area contributed by atoms with Gasteiger partial charge >= 0.3 is 0 Å². The van der Waals surface area contributed by atoms with E-state index in [0.717, 1.165) is 25.3 Å². The van der Waals surface area contributed by atoms with Gasteiger partial charge in [-0.1, -0.05) is 12.8 Å². The molecule has 106 valence electrons. The molecule has 5 heteroatoms. The van der Waals surface area contributed by atoms with E-state index in [1.54, 1.807) is 6.33 Å². The minimum Gasteiger partial charge on any atom is -0.393 e. The van der Waals surface area contributed by atoms with E-state index in [1.807, 2.05) is 11.6 Å². The van der Waals surface area contributed by atoms with Crippen molar-refractivity contribution in [3.8, 4) is 0 Å². The van der Waals surface area contributed by atoms with Crippen molar-refractivity contribution >= 4 is 0 Å². The Labute approximate surface area is 114 Å². The van der Waals surface area contributed by atoms with Crippen LogP contribution in [0.4, 0.5) is 0 Å². The molecule has 0 spiro atoms. The van der Waals surface area contributed by atoms with E-state index in [1.165, 1.54) is 32.1 Å². The van der Waals surface area contributed by atoms with Crippen LogP contribution in [-0.2, 0) is 13.6 Å². The fourth-order valence-corrected chi connectivity index (χ4v) is 3.75. The molecule has 0 amide bonds. The van der Waals surface area contributed by atoms with Crippen molar-refractivity contribution in [2.75, 3.05) is 6.54 Å². The first-order chi connectivity index (χ1) is 9.25. The highest BCUT2D eigenvalue weighted by Gasteiger charge is 2.37. The Morgan fingerprint density at radius 3 is 2.84 bits per heavy atom. The van der Waals surface area contributed by atoms with Crippen LogP contribution in [0.3, 0.4) is 0 Å². The SMILES string of the molecule is Cn1cnnc1CN1CCCC1C1CCCCC1O. The van der Waals surface area contributed by atoms with Crippen LogP contribution in [0.2, 0.25) is 0 Å². The van der Waals surface area contributed by atoms with E-state index in [4.69, 9.17) is 0 Å². The number of hydrogen-bond donors (Lipinski definition) is 1. The summed E-state index contributed by atoms with van der Waals surface area (Å²) in [4.78, 5) is 2.50. The van der Waals surface area contributed by atoms with E-state index < -0.39 is 0 Å². The number of hydrogen-bond acceptors (Lipinski definition) is 4. The van der Waals surface area contributed by atoms with Crippen LogP contribution >= 0.6 is 0 Å². The van der Waals surface area contributed by atoms with Gasteiger partial charge < -0.3 is 9.67 Å². The molecule has 1 aromatic heterocycles. The van der Waals surface area contributed by atoms with Gasteiger partial charge in [-0.3, -0.25) is 4.90 Å². The minimum atomic E-state index is -0.0983. The number of likely N-dealkylation sites (tertiary alicyclic amines) is 1. The third-order valence-corrected chi connectivity index (χ3v) is 4.84. The van der Waals surface area contributed by atoms with Gasteiger partial charge in [0.25, 0.3) is 0 Å². The summed E-state index contributed by atoms with van der Waals surface area (Å²) in [5, 5.41) is 18.4. The second-order valence-corrected chi connectivity index (χ2v) is 6.05. The van der Waals surface area contributed by atoms with Crippen molar-refractivity contribution in [3.05, 3.63) is 12.2 Å². The fourth-order valence-electron chi connectivity index (χ4n) is 3.75. The fraction of sp³-hybridized carbons (Fsp3) is 0.857. The molecule has 1 aromatic rings. The van der Waals surface area contributed by atoms with Crippen LogP contribution in [0.15, 0.2) is 6.33 Å². The number of aromatic nitrogens is 3. The molecule has 1 saturated heterocycles. The van der Waals surface area contributed by atoms with Crippen molar-refractivity contribution in [1.29, 1.82) is 0 Å². The molecule has 1 aliphatic heterocycles. The van der Waals surface area contributed by atoms with Gasteiger partial charge in [0, 0.05) is 19.0 Å².